The van der Waals surface area contributed by atoms with Crippen LogP contribution in [-0.4, -0.2) is 43.0 Å². The average Bonchev–Trinajstić information content (AvgIpc) is 2.72. The Balaban J connectivity index is 1.78. The first kappa shape index (κ1) is 18.1. The number of carbonyl (C=O) groups excluding carboxylic acids is 2. The third-order valence-corrected chi connectivity index (χ3v) is 4.78. The van der Waals surface area contributed by atoms with Crippen LogP contribution in [0.1, 0.15) is 34.8 Å². The van der Waals surface area contributed by atoms with Crippen molar-refractivity contribution in [3.63, 3.8) is 0 Å². The van der Waals surface area contributed by atoms with Gasteiger partial charge in [0.25, 0.3) is 5.91 Å². The van der Waals surface area contributed by atoms with E-state index >= 15 is 0 Å². The largest absolute Gasteiger partial charge is 0.381 e. The van der Waals surface area contributed by atoms with Crippen molar-refractivity contribution >= 4 is 11.8 Å². The van der Waals surface area contributed by atoms with Crippen LogP contribution < -0.4 is 5.32 Å². The Hall–Kier alpha value is -2.66. The molecular weight excluding hydrogens is 328 g/mol. The number of hydrogen-bond donors (Lipinski definition) is 1. The molecule has 2 aromatic carbocycles. The molecule has 5 heteroatoms. The standard InChI is InChI=1S/C21H24N2O3/c1-26-18-12-14-23(15-13-18)21(25)19(16-8-4-2-5-9-16)22-20(24)17-10-6-3-7-11-17/h2-11,18-19H,12-15H2,1H3,(H,22,24). The lowest BCUT2D eigenvalue weighted by molar-refractivity contribution is -0.135. The normalized spacial score (nSPS) is 16.1. The third-order valence-electron chi connectivity index (χ3n) is 4.78. The Morgan fingerprint density at radius 1 is 1.00 bits per heavy atom. The van der Waals surface area contributed by atoms with Crippen LogP contribution in [0.25, 0.3) is 0 Å². The first-order valence-corrected chi connectivity index (χ1v) is 8.91. The zero-order valence-corrected chi connectivity index (χ0v) is 14.9. The Bertz CT molecular complexity index is 725. The van der Waals surface area contributed by atoms with Crippen LogP contribution in [0.2, 0.25) is 0 Å². The summed E-state index contributed by atoms with van der Waals surface area (Å²) in [4.78, 5) is 27.6. The zero-order chi connectivity index (χ0) is 18.4. The molecule has 0 aromatic heterocycles. The van der Waals surface area contributed by atoms with E-state index in [1.165, 1.54) is 0 Å². The van der Waals surface area contributed by atoms with Crippen LogP contribution in [-0.2, 0) is 9.53 Å². The van der Waals surface area contributed by atoms with Crippen molar-refractivity contribution in [3.8, 4) is 0 Å². The SMILES string of the molecule is COC1CCN(C(=O)C(NC(=O)c2ccccc2)c2ccccc2)CC1. The summed E-state index contributed by atoms with van der Waals surface area (Å²) >= 11 is 0. The van der Waals surface area contributed by atoms with Crippen molar-refractivity contribution in [1.29, 1.82) is 0 Å². The lowest BCUT2D eigenvalue weighted by atomic mass is 10.0. The maximum Gasteiger partial charge on any atom is 0.252 e. The molecule has 0 radical (unpaired) electrons. The highest BCUT2D eigenvalue weighted by molar-refractivity contribution is 5.97. The van der Waals surface area contributed by atoms with E-state index < -0.39 is 6.04 Å². The fourth-order valence-corrected chi connectivity index (χ4v) is 3.23. The minimum Gasteiger partial charge on any atom is -0.381 e. The molecule has 136 valence electrons. The van der Waals surface area contributed by atoms with Crippen LogP contribution in [0.5, 0.6) is 0 Å². The van der Waals surface area contributed by atoms with Crippen LogP contribution in [0.4, 0.5) is 0 Å². The molecule has 0 saturated carbocycles. The molecule has 1 aliphatic rings. The van der Waals surface area contributed by atoms with E-state index in [-0.39, 0.29) is 17.9 Å². The quantitative estimate of drug-likeness (QED) is 0.900. The highest BCUT2D eigenvalue weighted by Crippen LogP contribution is 2.21. The van der Waals surface area contributed by atoms with E-state index in [1.807, 2.05) is 53.4 Å². The van der Waals surface area contributed by atoms with Crippen LogP contribution in [0, 0.1) is 0 Å². The highest BCUT2D eigenvalue weighted by atomic mass is 16.5. The van der Waals surface area contributed by atoms with Gasteiger partial charge in [-0.25, -0.2) is 0 Å². The second-order valence-electron chi connectivity index (χ2n) is 6.44. The van der Waals surface area contributed by atoms with Gasteiger partial charge >= 0.3 is 0 Å². The summed E-state index contributed by atoms with van der Waals surface area (Å²) in [7, 11) is 1.70. The predicted molar refractivity (Wildman–Crippen MR) is 99.7 cm³/mol. The summed E-state index contributed by atoms with van der Waals surface area (Å²) in [6.45, 7) is 1.28. The molecule has 1 atom stereocenters. The Morgan fingerprint density at radius 2 is 1.58 bits per heavy atom. The van der Waals surface area contributed by atoms with E-state index in [4.69, 9.17) is 4.74 Å². The van der Waals surface area contributed by atoms with Gasteiger partial charge in [0.1, 0.15) is 6.04 Å². The molecule has 1 unspecified atom stereocenters. The molecule has 0 spiro atoms. The molecule has 5 nitrogen and oxygen atoms in total. The number of hydrogen-bond acceptors (Lipinski definition) is 3. The summed E-state index contributed by atoms with van der Waals surface area (Å²) in [5, 5.41) is 2.91. The van der Waals surface area contributed by atoms with Crippen molar-refractivity contribution < 1.29 is 14.3 Å². The smallest absolute Gasteiger partial charge is 0.252 e. The van der Waals surface area contributed by atoms with Gasteiger partial charge in [0.2, 0.25) is 5.91 Å². The first-order valence-electron chi connectivity index (χ1n) is 8.91. The number of rotatable bonds is 5. The number of nitrogens with one attached hydrogen (secondary N) is 1. The molecule has 1 saturated heterocycles. The maximum absolute atomic E-state index is 13.1. The number of ether oxygens (including phenoxy) is 1. The summed E-state index contributed by atoms with van der Waals surface area (Å²) in [6.07, 6.45) is 1.83. The van der Waals surface area contributed by atoms with Crippen molar-refractivity contribution in [2.45, 2.75) is 25.0 Å². The minimum atomic E-state index is -0.692. The Kier molecular flexibility index (Phi) is 6.02. The van der Waals surface area contributed by atoms with Gasteiger partial charge in [-0.15, -0.1) is 0 Å². The predicted octanol–water partition coefficient (Wildman–Crippen LogP) is 2.80. The van der Waals surface area contributed by atoms with Crippen LogP contribution in [0.3, 0.4) is 0 Å². The van der Waals surface area contributed by atoms with E-state index in [1.54, 1.807) is 19.2 Å². The van der Waals surface area contributed by atoms with Crippen LogP contribution >= 0.6 is 0 Å². The first-order chi connectivity index (χ1) is 12.7. The lowest BCUT2D eigenvalue weighted by Gasteiger charge is -2.34. The van der Waals surface area contributed by atoms with Crippen molar-refractivity contribution in [3.05, 3.63) is 71.8 Å². The van der Waals surface area contributed by atoms with E-state index in [0.29, 0.717) is 18.7 Å². The Labute approximate surface area is 154 Å². The molecule has 1 N–H and O–H groups in total. The molecule has 0 aliphatic carbocycles. The second kappa shape index (κ2) is 8.63. The summed E-state index contributed by atoms with van der Waals surface area (Å²) in [6, 6.07) is 17.7. The second-order valence-corrected chi connectivity index (χ2v) is 6.44. The molecule has 1 fully saturated rings. The Morgan fingerprint density at radius 3 is 2.15 bits per heavy atom. The molecule has 0 bridgehead atoms. The molecule has 2 aromatic rings. The molecule has 3 rings (SSSR count). The number of carbonyl (C=O) groups is 2. The van der Waals surface area contributed by atoms with Crippen molar-refractivity contribution in [2.24, 2.45) is 0 Å². The average molecular weight is 352 g/mol. The number of amides is 2. The summed E-state index contributed by atoms with van der Waals surface area (Å²) in [5.74, 6) is -0.324. The molecular formula is C21H24N2O3. The van der Waals surface area contributed by atoms with Gasteiger partial charge in [-0.05, 0) is 30.5 Å². The van der Waals surface area contributed by atoms with E-state index in [2.05, 4.69) is 5.32 Å². The highest BCUT2D eigenvalue weighted by Gasteiger charge is 2.30. The van der Waals surface area contributed by atoms with Gasteiger partial charge < -0.3 is 15.0 Å². The topological polar surface area (TPSA) is 58.6 Å². The van der Waals surface area contributed by atoms with E-state index in [0.717, 1.165) is 18.4 Å². The molecule has 2 amide bonds. The number of piperidine rings is 1. The van der Waals surface area contributed by atoms with Gasteiger partial charge in [-0.2, -0.15) is 0 Å². The monoisotopic (exact) mass is 352 g/mol. The number of methoxy groups -OCH3 is 1. The van der Waals surface area contributed by atoms with Crippen LogP contribution in [0.15, 0.2) is 60.7 Å². The van der Waals surface area contributed by atoms with E-state index in [9.17, 15) is 9.59 Å². The van der Waals surface area contributed by atoms with Gasteiger partial charge in [-0.1, -0.05) is 48.5 Å². The van der Waals surface area contributed by atoms with Gasteiger partial charge in [0, 0.05) is 25.8 Å². The summed E-state index contributed by atoms with van der Waals surface area (Å²) < 4.78 is 5.38. The third kappa shape index (κ3) is 4.29. The maximum atomic E-state index is 13.1. The van der Waals surface area contributed by atoms with Gasteiger partial charge in [0.15, 0.2) is 0 Å². The van der Waals surface area contributed by atoms with Gasteiger partial charge in [0.05, 0.1) is 6.10 Å². The lowest BCUT2D eigenvalue weighted by Crippen LogP contribution is -2.47. The summed E-state index contributed by atoms with van der Waals surface area (Å²) in [5.41, 5.74) is 1.33. The molecule has 26 heavy (non-hydrogen) atoms. The molecule has 1 heterocycles. The van der Waals surface area contributed by atoms with Gasteiger partial charge in [-0.3, -0.25) is 9.59 Å². The molecule has 1 aliphatic heterocycles. The minimum absolute atomic E-state index is 0.0740. The number of benzene rings is 2. The van der Waals surface area contributed by atoms with Crippen molar-refractivity contribution in [2.75, 3.05) is 20.2 Å². The zero-order valence-electron chi connectivity index (χ0n) is 14.9. The van der Waals surface area contributed by atoms with Crippen molar-refractivity contribution in [1.82, 2.24) is 10.2 Å². The number of likely N-dealkylation sites (tertiary alicyclic amines) is 1. The number of nitrogens with zero attached hydrogens (tertiary/aromatic N) is 1. The fourth-order valence-electron chi connectivity index (χ4n) is 3.23. The fraction of sp³-hybridized carbons (Fsp3) is 0.333.